The van der Waals surface area contributed by atoms with Gasteiger partial charge in [0.25, 0.3) is 5.91 Å². The summed E-state index contributed by atoms with van der Waals surface area (Å²) in [4.78, 5) is 41.7. The molecule has 0 aliphatic heterocycles. The van der Waals surface area contributed by atoms with Crippen LogP contribution in [0.2, 0.25) is 0 Å². The summed E-state index contributed by atoms with van der Waals surface area (Å²) in [5.41, 5.74) is 0.649. The number of carbonyl (C=O) groups is 2. The second-order valence-electron chi connectivity index (χ2n) is 6.77. The molecule has 0 radical (unpaired) electrons. The molecule has 1 aliphatic carbocycles. The van der Waals surface area contributed by atoms with Crippen molar-refractivity contribution in [1.82, 2.24) is 25.3 Å². The monoisotopic (exact) mass is 422 g/mol. The minimum absolute atomic E-state index is 0.0546. The van der Waals surface area contributed by atoms with Crippen molar-refractivity contribution in [3.05, 3.63) is 48.5 Å². The van der Waals surface area contributed by atoms with Gasteiger partial charge in [-0.1, -0.05) is 0 Å². The number of aromatic nitrogens is 4. The summed E-state index contributed by atoms with van der Waals surface area (Å²) >= 11 is 0. The molecule has 10 heteroatoms. The van der Waals surface area contributed by atoms with Crippen LogP contribution in [0.3, 0.4) is 0 Å². The van der Waals surface area contributed by atoms with Gasteiger partial charge >= 0.3 is 0 Å². The third-order valence-corrected chi connectivity index (χ3v) is 4.63. The first-order valence-corrected chi connectivity index (χ1v) is 9.46. The van der Waals surface area contributed by atoms with E-state index in [1.54, 1.807) is 24.5 Å². The number of hydrogen-bond acceptors (Lipinski definition) is 8. The van der Waals surface area contributed by atoms with Gasteiger partial charge in [0.1, 0.15) is 5.82 Å². The van der Waals surface area contributed by atoms with Crippen LogP contribution in [0.1, 0.15) is 27.3 Å². The van der Waals surface area contributed by atoms with Crippen molar-refractivity contribution in [3.63, 3.8) is 0 Å². The quantitative estimate of drug-likeness (QED) is 0.529. The van der Waals surface area contributed by atoms with E-state index in [9.17, 15) is 9.59 Å². The Hall–Kier alpha value is -4.08. The standard InChI is InChI=1S/C21H21N7O3/c1-22-21(30)14-11-26-16(28-20(29)12-4-5-12)10-15(14)27-19-17(31-2)13(6-9-25-19)18-23-7-3-8-24-18/h3,6-12H,4-5H2,1-2H3,(H,22,30)(H2,25,26,27,28,29)/i1D3. The van der Waals surface area contributed by atoms with Crippen LogP contribution < -0.4 is 20.7 Å². The average molecular weight is 422 g/mol. The maximum absolute atomic E-state index is 12.7. The van der Waals surface area contributed by atoms with Crippen LogP contribution in [0.25, 0.3) is 11.4 Å². The highest BCUT2D eigenvalue weighted by Crippen LogP contribution is 2.36. The summed E-state index contributed by atoms with van der Waals surface area (Å²) in [7, 11) is 1.45. The number of nitrogens with one attached hydrogen (secondary N) is 3. The van der Waals surface area contributed by atoms with Crippen LogP contribution in [0, 0.1) is 5.92 Å². The van der Waals surface area contributed by atoms with Crippen molar-refractivity contribution in [2.45, 2.75) is 12.8 Å². The van der Waals surface area contributed by atoms with Crippen molar-refractivity contribution in [2.24, 2.45) is 5.92 Å². The number of methoxy groups -OCH3 is 1. The zero-order chi connectivity index (χ0) is 24.3. The molecule has 0 saturated heterocycles. The van der Waals surface area contributed by atoms with Crippen LogP contribution >= 0.6 is 0 Å². The Morgan fingerprint density at radius 2 is 1.97 bits per heavy atom. The maximum Gasteiger partial charge on any atom is 0.254 e. The van der Waals surface area contributed by atoms with Crippen molar-refractivity contribution >= 4 is 29.1 Å². The Labute approximate surface area is 182 Å². The first-order chi connectivity index (χ1) is 16.2. The lowest BCUT2D eigenvalue weighted by atomic mass is 10.2. The van der Waals surface area contributed by atoms with E-state index >= 15 is 0 Å². The molecule has 0 unspecified atom stereocenters. The zero-order valence-electron chi connectivity index (χ0n) is 19.5. The van der Waals surface area contributed by atoms with E-state index in [-0.39, 0.29) is 34.7 Å². The van der Waals surface area contributed by atoms with E-state index in [1.165, 1.54) is 25.6 Å². The predicted octanol–water partition coefficient (Wildman–Crippen LogP) is 2.39. The summed E-state index contributed by atoms with van der Waals surface area (Å²) in [5, 5.41) is 7.64. The van der Waals surface area contributed by atoms with E-state index in [0.717, 1.165) is 12.8 Å². The number of anilines is 3. The summed E-state index contributed by atoms with van der Waals surface area (Å²) in [5.74, 6) is 0.0238. The Morgan fingerprint density at radius 1 is 1.16 bits per heavy atom. The van der Waals surface area contributed by atoms with Crippen molar-refractivity contribution in [3.8, 4) is 17.1 Å². The topological polar surface area (TPSA) is 131 Å². The largest absolute Gasteiger partial charge is 0.492 e. The fourth-order valence-corrected chi connectivity index (χ4v) is 2.93. The van der Waals surface area contributed by atoms with E-state index in [2.05, 4.69) is 30.6 Å². The number of amides is 2. The lowest BCUT2D eigenvalue weighted by Gasteiger charge is -2.16. The number of carbonyl (C=O) groups excluding carboxylic acids is 2. The second kappa shape index (κ2) is 8.74. The molecule has 0 spiro atoms. The number of rotatable bonds is 7. The molecule has 1 aliphatic rings. The molecule has 4 rings (SSSR count). The molecule has 3 N–H and O–H groups in total. The average Bonchev–Trinajstić information content (AvgIpc) is 3.64. The Bertz CT molecular complexity index is 1220. The van der Waals surface area contributed by atoms with Gasteiger partial charge in [0.05, 0.1) is 23.9 Å². The van der Waals surface area contributed by atoms with Crippen LogP contribution in [0.5, 0.6) is 5.75 Å². The second-order valence-corrected chi connectivity index (χ2v) is 6.77. The van der Waals surface area contributed by atoms with Gasteiger partial charge in [-0.3, -0.25) is 9.59 Å². The molecule has 158 valence electrons. The Balaban J connectivity index is 1.72. The van der Waals surface area contributed by atoms with Crippen LogP contribution in [-0.2, 0) is 4.79 Å². The molecule has 0 bridgehead atoms. The van der Waals surface area contributed by atoms with E-state index in [0.29, 0.717) is 17.1 Å². The molecule has 1 fully saturated rings. The number of hydrogen-bond donors (Lipinski definition) is 3. The van der Waals surface area contributed by atoms with Crippen LogP contribution in [0.15, 0.2) is 43.0 Å². The minimum atomic E-state index is -2.70. The highest BCUT2D eigenvalue weighted by Gasteiger charge is 2.30. The molecule has 31 heavy (non-hydrogen) atoms. The fraction of sp³-hybridized carbons (Fsp3) is 0.238. The molecule has 0 aromatic carbocycles. The number of ether oxygens (including phenoxy) is 1. The van der Waals surface area contributed by atoms with Crippen LogP contribution in [-0.4, -0.2) is 45.8 Å². The molecule has 3 aromatic rings. The SMILES string of the molecule is [2H]C([2H])([2H])NC(=O)c1cnc(NC(=O)C2CC2)cc1Nc1nccc(-c2ncccn2)c1OC. The highest BCUT2D eigenvalue weighted by molar-refractivity contribution is 6.01. The van der Waals surface area contributed by atoms with Crippen LogP contribution in [0.4, 0.5) is 17.3 Å². The fourth-order valence-electron chi connectivity index (χ4n) is 2.93. The summed E-state index contributed by atoms with van der Waals surface area (Å²) in [6.45, 7) is -2.70. The molecule has 3 heterocycles. The molecule has 0 atom stereocenters. The third-order valence-electron chi connectivity index (χ3n) is 4.63. The van der Waals surface area contributed by atoms with Gasteiger partial charge in [0, 0.05) is 47.9 Å². The van der Waals surface area contributed by atoms with Gasteiger partial charge in [0.15, 0.2) is 17.4 Å². The predicted molar refractivity (Wildman–Crippen MR) is 114 cm³/mol. The molecule has 1 saturated carbocycles. The van der Waals surface area contributed by atoms with Crippen molar-refractivity contribution in [1.29, 1.82) is 0 Å². The lowest BCUT2D eigenvalue weighted by molar-refractivity contribution is -0.117. The minimum Gasteiger partial charge on any atom is -0.492 e. The third kappa shape index (κ3) is 4.42. The molecule has 2 amide bonds. The summed E-state index contributed by atoms with van der Waals surface area (Å²) in [6, 6.07) is 4.79. The normalized spacial score (nSPS) is 14.5. The van der Waals surface area contributed by atoms with Crippen molar-refractivity contribution < 1.29 is 18.4 Å². The maximum atomic E-state index is 12.7. The first-order valence-electron chi connectivity index (χ1n) is 11.0. The van der Waals surface area contributed by atoms with Gasteiger partial charge in [-0.05, 0) is 25.0 Å². The lowest BCUT2D eigenvalue weighted by Crippen LogP contribution is -2.20. The molecule has 10 nitrogen and oxygen atoms in total. The number of nitrogens with zero attached hydrogens (tertiary/aromatic N) is 4. The first kappa shape index (κ1) is 16.7. The van der Waals surface area contributed by atoms with Crippen molar-refractivity contribution in [2.75, 3.05) is 24.7 Å². The number of pyridine rings is 2. The zero-order valence-corrected chi connectivity index (χ0v) is 16.5. The molecule has 3 aromatic heterocycles. The van der Waals surface area contributed by atoms with Gasteiger partial charge in [-0.25, -0.2) is 19.9 Å². The Kier molecular flexibility index (Phi) is 4.70. The van der Waals surface area contributed by atoms with E-state index in [4.69, 9.17) is 8.85 Å². The van der Waals surface area contributed by atoms with E-state index in [1.807, 2.05) is 5.32 Å². The van der Waals surface area contributed by atoms with E-state index < -0.39 is 12.9 Å². The van der Waals surface area contributed by atoms with Gasteiger partial charge in [-0.2, -0.15) is 0 Å². The summed E-state index contributed by atoms with van der Waals surface area (Å²) < 4.78 is 27.5. The van der Waals surface area contributed by atoms with Gasteiger partial charge in [-0.15, -0.1) is 0 Å². The Morgan fingerprint density at radius 3 is 2.68 bits per heavy atom. The van der Waals surface area contributed by atoms with Gasteiger partial charge in [0.2, 0.25) is 5.91 Å². The molecular weight excluding hydrogens is 398 g/mol. The van der Waals surface area contributed by atoms with Gasteiger partial charge < -0.3 is 20.7 Å². The smallest absolute Gasteiger partial charge is 0.254 e. The highest BCUT2D eigenvalue weighted by atomic mass is 16.5. The molecular formula is C21H21N7O3. The summed E-state index contributed by atoms with van der Waals surface area (Å²) in [6.07, 6.45) is 7.49.